The van der Waals surface area contributed by atoms with E-state index in [4.69, 9.17) is 5.11 Å². The highest BCUT2D eigenvalue weighted by Gasteiger charge is 2.32. The highest BCUT2D eigenvalue weighted by Crippen LogP contribution is 2.22. The Morgan fingerprint density at radius 2 is 2.17 bits per heavy atom. The van der Waals surface area contributed by atoms with E-state index in [-0.39, 0.29) is 22.7 Å². The summed E-state index contributed by atoms with van der Waals surface area (Å²) in [5.41, 5.74) is 0.196. The number of amidine groups is 1. The molecule has 1 atom stereocenters. The molecule has 2 rings (SSSR count). The molecule has 0 bridgehead atoms. The van der Waals surface area contributed by atoms with Gasteiger partial charge in [-0.05, 0) is 18.1 Å². The lowest BCUT2D eigenvalue weighted by Crippen LogP contribution is -2.26. The highest BCUT2D eigenvalue weighted by molar-refractivity contribution is 8.15. The smallest absolute Gasteiger partial charge is 0.305 e. The molecule has 2 N–H and O–H groups in total. The summed E-state index contributed by atoms with van der Waals surface area (Å²) >= 11 is 0.923. The standard InChI is InChI=1S/C14H13F2N3O3S/c1-2-7-3-4-8(12(16)11(7)15)6-17-19-14-18-13(22)9(23-14)5-10(20)21/h3-4,6,9H,2,5H2,1H3,(H,20,21)(H,18,19,22). The third kappa shape index (κ3) is 4.13. The number of aryl methyl sites for hydroxylation is 1. The van der Waals surface area contributed by atoms with Gasteiger partial charge in [0.2, 0.25) is 5.91 Å². The van der Waals surface area contributed by atoms with E-state index in [1.165, 1.54) is 12.1 Å². The Labute approximate surface area is 134 Å². The fourth-order valence-electron chi connectivity index (χ4n) is 1.87. The lowest BCUT2D eigenvalue weighted by atomic mass is 10.1. The van der Waals surface area contributed by atoms with Crippen LogP contribution in [-0.4, -0.2) is 33.6 Å². The van der Waals surface area contributed by atoms with Crippen LogP contribution in [0.5, 0.6) is 0 Å². The fraction of sp³-hybridized carbons (Fsp3) is 0.286. The maximum atomic E-state index is 13.8. The van der Waals surface area contributed by atoms with Crippen LogP contribution < -0.4 is 5.32 Å². The van der Waals surface area contributed by atoms with Crippen LogP contribution in [0.2, 0.25) is 0 Å². The first-order chi connectivity index (χ1) is 10.9. The second-order valence-electron chi connectivity index (χ2n) is 4.64. The molecule has 1 amide bonds. The molecule has 0 spiro atoms. The zero-order chi connectivity index (χ0) is 17.0. The first-order valence-electron chi connectivity index (χ1n) is 6.69. The number of benzene rings is 1. The Morgan fingerprint density at radius 1 is 1.43 bits per heavy atom. The monoisotopic (exact) mass is 341 g/mol. The summed E-state index contributed by atoms with van der Waals surface area (Å²) in [6, 6.07) is 2.84. The van der Waals surface area contributed by atoms with Crippen molar-refractivity contribution < 1.29 is 23.5 Å². The number of thioether (sulfide) groups is 1. The van der Waals surface area contributed by atoms with Crippen LogP contribution in [0.1, 0.15) is 24.5 Å². The van der Waals surface area contributed by atoms with Crippen molar-refractivity contribution in [2.75, 3.05) is 0 Å². The molecule has 0 aliphatic carbocycles. The first-order valence-corrected chi connectivity index (χ1v) is 7.57. The van der Waals surface area contributed by atoms with Crippen LogP contribution in [0.15, 0.2) is 22.3 Å². The minimum Gasteiger partial charge on any atom is -0.481 e. The molecule has 6 nitrogen and oxygen atoms in total. The van der Waals surface area contributed by atoms with Gasteiger partial charge in [0, 0.05) is 5.56 Å². The zero-order valence-corrected chi connectivity index (χ0v) is 12.9. The Kier molecular flexibility index (Phi) is 5.43. The van der Waals surface area contributed by atoms with Crippen molar-refractivity contribution in [2.45, 2.75) is 25.0 Å². The van der Waals surface area contributed by atoms with Gasteiger partial charge in [-0.3, -0.25) is 9.59 Å². The molecule has 1 aliphatic heterocycles. The molecular formula is C14H13F2N3O3S. The van der Waals surface area contributed by atoms with Gasteiger partial charge in [-0.2, -0.15) is 5.10 Å². The Morgan fingerprint density at radius 3 is 2.83 bits per heavy atom. The number of carbonyl (C=O) groups excluding carboxylic acids is 1. The number of rotatable bonds is 5. The molecule has 9 heteroatoms. The number of carbonyl (C=O) groups is 2. The summed E-state index contributed by atoms with van der Waals surface area (Å²) < 4.78 is 27.4. The van der Waals surface area contributed by atoms with Crippen LogP contribution in [0, 0.1) is 11.6 Å². The molecule has 0 radical (unpaired) electrons. The molecule has 1 unspecified atom stereocenters. The van der Waals surface area contributed by atoms with E-state index in [2.05, 4.69) is 15.5 Å². The topological polar surface area (TPSA) is 91.1 Å². The van der Waals surface area contributed by atoms with Crippen LogP contribution in [0.4, 0.5) is 8.78 Å². The van der Waals surface area contributed by atoms with Gasteiger partial charge in [-0.15, -0.1) is 5.10 Å². The van der Waals surface area contributed by atoms with Crippen molar-refractivity contribution in [1.82, 2.24) is 5.32 Å². The van der Waals surface area contributed by atoms with Crippen molar-refractivity contribution in [3.8, 4) is 0 Å². The minimum absolute atomic E-state index is 0.0690. The van der Waals surface area contributed by atoms with Gasteiger partial charge in [-0.1, -0.05) is 24.8 Å². The van der Waals surface area contributed by atoms with Crippen molar-refractivity contribution in [2.24, 2.45) is 10.2 Å². The molecule has 0 saturated carbocycles. The number of hydrogen-bond acceptors (Lipinski definition) is 5. The summed E-state index contributed by atoms with van der Waals surface area (Å²) in [6.07, 6.45) is 1.07. The minimum atomic E-state index is -1.10. The van der Waals surface area contributed by atoms with Gasteiger partial charge in [0.25, 0.3) is 0 Å². The van der Waals surface area contributed by atoms with Gasteiger partial charge in [0.05, 0.1) is 12.6 Å². The number of aliphatic carboxylic acids is 1. The van der Waals surface area contributed by atoms with Crippen molar-refractivity contribution in [3.63, 3.8) is 0 Å². The first kappa shape index (κ1) is 17.1. The van der Waals surface area contributed by atoms with Gasteiger partial charge in [0.1, 0.15) is 5.25 Å². The maximum Gasteiger partial charge on any atom is 0.305 e. The van der Waals surface area contributed by atoms with E-state index in [0.717, 1.165) is 18.0 Å². The van der Waals surface area contributed by atoms with E-state index in [0.29, 0.717) is 6.42 Å². The van der Waals surface area contributed by atoms with Gasteiger partial charge >= 0.3 is 5.97 Å². The van der Waals surface area contributed by atoms with Crippen LogP contribution in [-0.2, 0) is 16.0 Å². The number of amides is 1. The molecule has 1 aromatic carbocycles. The Bertz CT molecular complexity index is 707. The predicted molar refractivity (Wildman–Crippen MR) is 82.5 cm³/mol. The zero-order valence-electron chi connectivity index (χ0n) is 12.0. The molecular weight excluding hydrogens is 328 g/mol. The summed E-state index contributed by atoms with van der Waals surface area (Å²) in [5.74, 6) is -3.51. The van der Waals surface area contributed by atoms with E-state index in [1.54, 1.807) is 6.92 Å². The third-order valence-corrected chi connectivity index (χ3v) is 4.13. The van der Waals surface area contributed by atoms with E-state index >= 15 is 0 Å². The number of nitrogens with one attached hydrogen (secondary N) is 1. The molecule has 23 heavy (non-hydrogen) atoms. The maximum absolute atomic E-state index is 13.8. The summed E-state index contributed by atoms with van der Waals surface area (Å²) in [4.78, 5) is 22.1. The van der Waals surface area contributed by atoms with Gasteiger partial charge < -0.3 is 10.4 Å². The average molecular weight is 341 g/mol. The second-order valence-corrected chi connectivity index (χ2v) is 5.83. The molecule has 1 heterocycles. The summed E-state index contributed by atoms with van der Waals surface area (Å²) in [6.45, 7) is 1.71. The van der Waals surface area contributed by atoms with Crippen LogP contribution >= 0.6 is 11.8 Å². The van der Waals surface area contributed by atoms with Crippen LogP contribution in [0.3, 0.4) is 0 Å². The molecule has 0 aromatic heterocycles. The van der Waals surface area contributed by atoms with Gasteiger partial charge in [0.15, 0.2) is 16.8 Å². The third-order valence-electron chi connectivity index (χ3n) is 3.05. The molecule has 1 saturated heterocycles. The normalized spacial score (nSPS) is 19.5. The lowest BCUT2D eigenvalue weighted by molar-refractivity contribution is -0.138. The van der Waals surface area contributed by atoms with E-state index < -0.39 is 28.8 Å². The average Bonchev–Trinajstić information content (AvgIpc) is 2.83. The number of carboxylic acids is 1. The SMILES string of the molecule is CCc1ccc(C=NN=C2NC(=O)C(CC(=O)O)S2)c(F)c1F. The molecule has 122 valence electrons. The predicted octanol–water partition coefficient (Wildman–Crippen LogP) is 1.92. The number of hydrogen-bond donors (Lipinski definition) is 2. The van der Waals surface area contributed by atoms with Crippen molar-refractivity contribution in [3.05, 3.63) is 34.9 Å². The van der Waals surface area contributed by atoms with E-state index in [1.807, 2.05) is 0 Å². The van der Waals surface area contributed by atoms with Crippen LogP contribution in [0.25, 0.3) is 0 Å². The lowest BCUT2D eigenvalue weighted by Gasteiger charge is -2.02. The van der Waals surface area contributed by atoms with E-state index in [9.17, 15) is 18.4 Å². The Balaban J connectivity index is 2.09. The number of halogens is 2. The molecule has 1 aromatic rings. The largest absolute Gasteiger partial charge is 0.481 e. The summed E-state index contributed by atoms with van der Waals surface area (Å²) in [5, 5.41) is 17.6. The number of nitrogens with zero attached hydrogens (tertiary/aromatic N) is 2. The van der Waals surface area contributed by atoms with Gasteiger partial charge in [-0.25, -0.2) is 8.78 Å². The summed E-state index contributed by atoms with van der Waals surface area (Å²) in [7, 11) is 0. The number of carboxylic acid groups (broad SMARTS) is 1. The fourth-order valence-corrected chi connectivity index (χ4v) is 2.78. The quantitative estimate of drug-likeness (QED) is 0.632. The Hall–Kier alpha value is -2.29. The van der Waals surface area contributed by atoms with Crippen molar-refractivity contribution >= 4 is 35.0 Å². The molecule has 1 aliphatic rings. The highest BCUT2D eigenvalue weighted by atomic mass is 32.2. The van der Waals surface area contributed by atoms with Crippen molar-refractivity contribution in [1.29, 1.82) is 0 Å². The molecule has 1 fully saturated rings. The second kappa shape index (κ2) is 7.32.